The first-order chi connectivity index (χ1) is 13.3. The average Bonchev–Trinajstić information content (AvgIpc) is 2.67. The molecule has 0 aliphatic rings. The van der Waals surface area contributed by atoms with E-state index >= 15 is 0 Å². The number of aromatic nitrogens is 1. The number of nitro groups is 1. The summed E-state index contributed by atoms with van der Waals surface area (Å²) < 4.78 is 30.9. The molecule has 28 heavy (non-hydrogen) atoms. The van der Waals surface area contributed by atoms with E-state index in [1.54, 1.807) is 49.4 Å². The lowest BCUT2D eigenvalue weighted by Crippen LogP contribution is -2.04. The number of rotatable bonds is 6. The van der Waals surface area contributed by atoms with Gasteiger partial charge in [-0.15, -0.1) is 0 Å². The predicted octanol–water partition coefficient (Wildman–Crippen LogP) is 4.02. The molecule has 0 radical (unpaired) electrons. The van der Waals surface area contributed by atoms with Gasteiger partial charge in [-0.2, -0.15) is 0 Å². The van der Waals surface area contributed by atoms with E-state index in [2.05, 4.69) is 4.98 Å². The molecule has 0 saturated carbocycles. The van der Waals surface area contributed by atoms with Crippen molar-refractivity contribution < 1.29 is 18.1 Å². The van der Waals surface area contributed by atoms with Gasteiger partial charge in [0.05, 0.1) is 9.79 Å². The Hall–Kier alpha value is -3.26. The van der Waals surface area contributed by atoms with Gasteiger partial charge in [0, 0.05) is 6.92 Å². The van der Waals surface area contributed by atoms with Crippen LogP contribution in [0.1, 0.15) is 16.8 Å². The molecule has 0 N–H and O–H groups in total. The van der Waals surface area contributed by atoms with Crippen LogP contribution in [0.15, 0.2) is 70.5 Å². The average molecular weight is 398 g/mol. The molecule has 0 amide bonds. The van der Waals surface area contributed by atoms with Crippen LogP contribution in [0.5, 0.6) is 5.75 Å². The van der Waals surface area contributed by atoms with Crippen molar-refractivity contribution in [2.24, 2.45) is 0 Å². The third-order valence-electron chi connectivity index (χ3n) is 4.11. The SMILES string of the molecule is Cc1ccc(S(=O)(=O)c2ccc(COc3ccc(C)nc3[N+](=O)[O-])cc2)cc1. The molecule has 0 fully saturated rings. The molecule has 0 atom stereocenters. The van der Waals surface area contributed by atoms with E-state index in [1.807, 2.05) is 6.92 Å². The molecule has 8 heteroatoms. The molecular formula is C20H18N2O5S. The number of hydrogen-bond donors (Lipinski definition) is 0. The van der Waals surface area contributed by atoms with E-state index in [4.69, 9.17) is 4.74 Å². The van der Waals surface area contributed by atoms with Gasteiger partial charge in [-0.1, -0.05) is 29.8 Å². The lowest BCUT2D eigenvalue weighted by Gasteiger charge is -2.08. The van der Waals surface area contributed by atoms with Crippen molar-refractivity contribution in [1.82, 2.24) is 4.98 Å². The second kappa shape index (κ2) is 7.77. The molecule has 0 bridgehead atoms. The van der Waals surface area contributed by atoms with Crippen LogP contribution < -0.4 is 4.74 Å². The number of pyridine rings is 1. The second-order valence-electron chi connectivity index (χ2n) is 6.28. The van der Waals surface area contributed by atoms with Crippen LogP contribution in [0.3, 0.4) is 0 Å². The van der Waals surface area contributed by atoms with Crippen molar-refractivity contribution in [3.8, 4) is 5.75 Å². The largest absolute Gasteiger partial charge is 0.481 e. The van der Waals surface area contributed by atoms with Crippen LogP contribution >= 0.6 is 0 Å². The molecule has 0 spiro atoms. The number of hydrogen-bond acceptors (Lipinski definition) is 6. The number of ether oxygens (including phenoxy) is 1. The number of aryl methyl sites for hydroxylation is 2. The van der Waals surface area contributed by atoms with Crippen molar-refractivity contribution in [3.63, 3.8) is 0 Å². The molecule has 0 saturated heterocycles. The third-order valence-corrected chi connectivity index (χ3v) is 5.90. The first-order valence-electron chi connectivity index (χ1n) is 8.43. The van der Waals surface area contributed by atoms with Gasteiger partial charge in [0.15, 0.2) is 0 Å². The van der Waals surface area contributed by atoms with Crippen LogP contribution in [0.25, 0.3) is 0 Å². The molecule has 0 unspecified atom stereocenters. The fourth-order valence-corrected chi connectivity index (χ4v) is 3.81. The van der Waals surface area contributed by atoms with Crippen LogP contribution in [0.2, 0.25) is 0 Å². The molecule has 144 valence electrons. The zero-order valence-corrected chi connectivity index (χ0v) is 16.1. The summed E-state index contributed by atoms with van der Waals surface area (Å²) in [6, 6.07) is 16.0. The highest BCUT2D eigenvalue weighted by Gasteiger charge is 2.19. The van der Waals surface area contributed by atoms with Crippen LogP contribution in [0, 0.1) is 24.0 Å². The lowest BCUT2D eigenvalue weighted by atomic mass is 10.2. The van der Waals surface area contributed by atoms with E-state index in [-0.39, 0.29) is 28.0 Å². The Morgan fingerprint density at radius 2 is 1.50 bits per heavy atom. The molecule has 3 rings (SSSR count). The number of benzene rings is 2. The minimum Gasteiger partial charge on any atom is -0.481 e. The topological polar surface area (TPSA) is 99.4 Å². The first kappa shape index (κ1) is 19.5. The van der Waals surface area contributed by atoms with E-state index in [0.29, 0.717) is 11.3 Å². The number of sulfone groups is 1. The fourth-order valence-electron chi connectivity index (χ4n) is 2.55. The van der Waals surface area contributed by atoms with E-state index in [9.17, 15) is 18.5 Å². The fraction of sp³-hybridized carbons (Fsp3) is 0.150. The summed E-state index contributed by atoms with van der Waals surface area (Å²) >= 11 is 0. The van der Waals surface area contributed by atoms with Gasteiger partial charge >= 0.3 is 5.82 Å². The van der Waals surface area contributed by atoms with Gasteiger partial charge in [-0.05, 0) is 58.8 Å². The maximum Gasteiger partial charge on any atom is 0.406 e. The molecule has 1 heterocycles. The summed E-state index contributed by atoms with van der Waals surface area (Å²) in [5, 5.41) is 11.1. The third kappa shape index (κ3) is 4.17. The summed E-state index contributed by atoms with van der Waals surface area (Å²) in [5.74, 6) is -0.287. The lowest BCUT2D eigenvalue weighted by molar-refractivity contribution is -0.390. The Morgan fingerprint density at radius 1 is 0.929 bits per heavy atom. The van der Waals surface area contributed by atoms with Crippen LogP contribution in [0.4, 0.5) is 5.82 Å². The Kier molecular flexibility index (Phi) is 5.41. The quantitative estimate of drug-likeness (QED) is 0.459. The van der Waals surface area contributed by atoms with Gasteiger partial charge in [-0.3, -0.25) is 0 Å². The summed E-state index contributed by atoms with van der Waals surface area (Å²) in [6.07, 6.45) is 0. The van der Waals surface area contributed by atoms with Crippen molar-refractivity contribution in [1.29, 1.82) is 0 Å². The smallest absolute Gasteiger partial charge is 0.406 e. The van der Waals surface area contributed by atoms with Crippen molar-refractivity contribution >= 4 is 15.7 Å². The summed E-state index contributed by atoms with van der Waals surface area (Å²) in [7, 11) is -3.60. The summed E-state index contributed by atoms with van der Waals surface area (Å²) in [6.45, 7) is 3.60. The normalized spacial score (nSPS) is 11.2. The second-order valence-corrected chi connectivity index (χ2v) is 8.23. The van der Waals surface area contributed by atoms with Gasteiger partial charge in [0.2, 0.25) is 15.6 Å². The van der Waals surface area contributed by atoms with Gasteiger partial charge in [-0.25, -0.2) is 8.42 Å². The van der Waals surface area contributed by atoms with Crippen molar-refractivity contribution in [3.05, 3.63) is 87.6 Å². The van der Waals surface area contributed by atoms with Crippen LogP contribution in [-0.2, 0) is 16.4 Å². The van der Waals surface area contributed by atoms with E-state index < -0.39 is 14.8 Å². The molecular weight excluding hydrogens is 380 g/mol. The molecule has 7 nitrogen and oxygen atoms in total. The van der Waals surface area contributed by atoms with Gasteiger partial charge < -0.3 is 14.9 Å². The van der Waals surface area contributed by atoms with E-state index in [0.717, 1.165) is 5.56 Å². The Balaban J connectivity index is 1.77. The monoisotopic (exact) mass is 398 g/mol. The van der Waals surface area contributed by atoms with Crippen molar-refractivity contribution in [2.75, 3.05) is 0 Å². The van der Waals surface area contributed by atoms with Gasteiger partial charge in [0.25, 0.3) is 0 Å². The Morgan fingerprint density at radius 3 is 2.07 bits per heavy atom. The Labute approximate surface area is 162 Å². The highest BCUT2D eigenvalue weighted by molar-refractivity contribution is 7.91. The molecule has 1 aromatic heterocycles. The van der Waals surface area contributed by atoms with Gasteiger partial charge in [0.1, 0.15) is 12.3 Å². The zero-order valence-electron chi connectivity index (χ0n) is 15.3. The summed E-state index contributed by atoms with van der Waals surface area (Å²) in [5.41, 5.74) is 2.17. The molecule has 0 aliphatic carbocycles. The number of nitrogens with zero attached hydrogens (tertiary/aromatic N) is 2. The van der Waals surface area contributed by atoms with Crippen molar-refractivity contribution in [2.45, 2.75) is 30.2 Å². The molecule has 2 aromatic carbocycles. The zero-order chi connectivity index (χ0) is 20.3. The minimum atomic E-state index is -3.60. The van der Waals surface area contributed by atoms with E-state index in [1.165, 1.54) is 18.2 Å². The maximum absolute atomic E-state index is 12.7. The molecule has 3 aromatic rings. The first-order valence-corrected chi connectivity index (χ1v) is 9.91. The predicted molar refractivity (Wildman–Crippen MR) is 103 cm³/mol. The molecule has 0 aliphatic heterocycles. The highest BCUT2D eigenvalue weighted by Crippen LogP contribution is 2.26. The highest BCUT2D eigenvalue weighted by atomic mass is 32.2. The standard InChI is InChI=1S/C20H18N2O5S/c1-14-3-8-17(9-4-14)28(25,26)18-10-6-16(7-11-18)13-27-19-12-5-15(2)21-20(19)22(23)24/h3-12H,13H2,1-2H3. The van der Waals surface area contributed by atoms with Crippen LogP contribution in [-0.4, -0.2) is 18.3 Å². The summed E-state index contributed by atoms with van der Waals surface area (Å²) in [4.78, 5) is 14.8. The maximum atomic E-state index is 12.7. The minimum absolute atomic E-state index is 0.0520. The Bertz CT molecular complexity index is 1110.